The third-order valence-corrected chi connectivity index (χ3v) is 3.78. The lowest BCUT2D eigenvalue weighted by Crippen LogP contribution is -2.17. The quantitative estimate of drug-likeness (QED) is 0.668. The second-order valence-corrected chi connectivity index (χ2v) is 5.87. The molecule has 0 unspecified atom stereocenters. The molecule has 1 aromatic rings. The Morgan fingerprint density at radius 3 is 2.88 bits per heavy atom. The predicted molar refractivity (Wildman–Crippen MR) is 77.0 cm³/mol. The van der Waals surface area contributed by atoms with Gasteiger partial charge in [0, 0.05) is 10.0 Å². The zero-order valence-corrected chi connectivity index (χ0v) is 12.0. The summed E-state index contributed by atoms with van der Waals surface area (Å²) in [6, 6.07) is 5.61. The predicted octanol–water partition coefficient (Wildman–Crippen LogP) is 2.95. The summed E-state index contributed by atoms with van der Waals surface area (Å²) in [6.45, 7) is 0. The Morgan fingerprint density at radius 2 is 2.29 bits per heavy atom. The van der Waals surface area contributed by atoms with E-state index in [-0.39, 0.29) is 5.91 Å². The van der Waals surface area contributed by atoms with Crippen LogP contribution in [0.3, 0.4) is 0 Å². The van der Waals surface area contributed by atoms with E-state index in [0.29, 0.717) is 15.0 Å². The van der Waals surface area contributed by atoms with E-state index in [9.17, 15) is 4.79 Å². The highest BCUT2D eigenvalue weighted by Crippen LogP contribution is 2.30. The van der Waals surface area contributed by atoms with E-state index in [2.05, 4.69) is 21.2 Å². The van der Waals surface area contributed by atoms with Crippen molar-refractivity contribution in [3.05, 3.63) is 33.1 Å². The van der Waals surface area contributed by atoms with E-state index in [1.165, 1.54) is 11.8 Å². The van der Waals surface area contributed by atoms with Gasteiger partial charge in [0.05, 0.1) is 12.0 Å². The lowest BCUT2D eigenvalue weighted by Gasteiger charge is -2.05. The van der Waals surface area contributed by atoms with Crippen molar-refractivity contribution in [2.24, 2.45) is 0 Å². The first kappa shape index (κ1) is 12.6. The molecule has 0 radical (unpaired) electrons. The number of halogens is 1. The topological polar surface area (TPSA) is 38.3 Å². The number of methoxy groups -OCH3 is 1. The molecule has 3 nitrogen and oxygen atoms in total. The van der Waals surface area contributed by atoms with E-state index in [0.717, 1.165) is 10.0 Å². The van der Waals surface area contributed by atoms with Gasteiger partial charge >= 0.3 is 0 Å². The molecule has 1 aliphatic heterocycles. The van der Waals surface area contributed by atoms with Crippen LogP contribution in [0.1, 0.15) is 5.56 Å². The largest absolute Gasteiger partial charge is 0.496 e. The van der Waals surface area contributed by atoms with E-state index in [1.54, 1.807) is 13.2 Å². The van der Waals surface area contributed by atoms with E-state index >= 15 is 0 Å². The molecule has 1 heterocycles. The maximum absolute atomic E-state index is 11.5. The Morgan fingerprint density at radius 1 is 1.53 bits per heavy atom. The fourth-order valence-corrected chi connectivity index (χ4v) is 2.79. The van der Waals surface area contributed by atoms with Crippen LogP contribution in [0.4, 0.5) is 0 Å². The number of benzene rings is 1. The molecule has 1 N–H and O–H groups in total. The van der Waals surface area contributed by atoms with Gasteiger partial charge in [0.25, 0.3) is 5.91 Å². The van der Waals surface area contributed by atoms with Crippen LogP contribution in [0.15, 0.2) is 27.6 Å². The molecule has 88 valence electrons. The van der Waals surface area contributed by atoms with Gasteiger partial charge in [0.15, 0.2) is 0 Å². The Bertz CT molecular complexity index is 528. The van der Waals surface area contributed by atoms with Gasteiger partial charge in [-0.1, -0.05) is 39.9 Å². The Labute approximate surface area is 117 Å². The highest BCUT2D eigenvalue weighted by atomic mass is 79.9. The molecule has 0 bridgehead atoms. The minimum Gasteiger partial charge on any atom is -0.496 e. The van der Waals surface area contributed by atoms with Crippen LogP contribution in [0.25, 0.3) is 6.08 Å². The number of ether oxygens (including phenoxy) is 1. The number of thiocarbonyl (C=S) groups is 1. The summed E-state index contributed by atoms with van der Waals surface area (Å²) in [7, 11) is 1.59. The van der Waals surface area contributed by atoms with E-state index in [4.69, 9.17) is 17.0 Å². The number of thioether (sulfide) groups is 1. The fraction of sp³-hybridized carbons (Fsp3) is 0.0909. The molecule has 0 aromatic heterocycles. The van der Waals surface area contributed by atoms with E-state index < -0.39 is 0 Å². The van der Waals surface area contributed by atoms with Crippen molar-refractivity contribution in [3.8, 4) is 5.75 Å². The van der Waals surface area contributed by atoms with Crippen molar-refractivity contribution in [2.45, 2.75) is 0 Å². The van der Waals surface area contributed by atoms with Crippen molar-refractivity contribution < 1.29 is 9.53 Å². The molecule has 1 aliphatic rings. The molecule has 0 saturated carbocycles. The van der Waals surface area contributed by atoms with Gasteiger partial charge in [0.1, 0.15) is 10.1 Å². The van der Waals surface area contributed by atoms with Gasteiger partial charge in [-0.2, -0.15) is 0 Å². The minimum absolute atomic E-state index is 0.165. The van der Waals surface area contributed by atoms with Crippen LogP contribution in [0.2, 0.25) is 0 Å². The lowest BCUT2D eigenvalue weighted by molar-refractivity contribution is -0.115. The molecule has 2 rings (SSSR count). The normalized spacial score (nSPS) is 17.4. The minimum atomic E-state index is -0.165. The van der Waals surface area contributed by atoms with Crippen molar-refractivity contribution in [3.63, 3.8) is 0 Å². The first-order valence-corrected chi connectivity index (χ1v) is 6.70. The molecule has 1 amide bonds. The molecular weight excluding hydrogens is 322 g/mol. The zero-order valence-electron chi connectivity index (χ0n) is 8.82. The molecule has 1 aromatic carbocycles. The summed E-state index contributed by atoms with van der Waals surface area (Å²) in [4.78, 5) is 12.1. The summed E-state index contributed by atoms with van der Waals surface area (Å²) in [5.74, 6) is 0.550. The van der Waals surface area contributed by atoms with Crippen LogP contribution in [-0.4, -0.2) is 17.3 Å². The number of hydrogen-bond acceptors (Lipinski definition) is 4. The monoisotopic (exact) mass is 329 g/mol. The standard InChI is InChI=1S/C11H8BrNO2S2/c1-15-8-3-2-7(12)4-6(8)5-9-10(14)13-11(16)17-9/h2-5H,1H3,(H,13,14,16). The summed E-state index contributed by atoms with van der Waals surface area (Å²) < 4.78 is 6.64. The van der Waals surface area contributed by atoms with Gasteiger partial charge in [-0.25, -0.2) is 0 Å². The van der Waals surface area contributed by atoms with Crippen molar-refractivity contribution >= 4 is 56.2 Å². The van der Waals surface area contributed by atoms with Gasteiger partial charge in [-0.3, -0.25) is 4.79 Å². The molecule has 0 spiro atoms. The number of rotatable bonds is 2. The van der Waals surface area contributed by atoms with Gasteiger partial charge < -0.3 is 10.1 Å². The molecule has 17 heavy (non-hydrogen) atoms. The lowest BCUT2D eigenvalue weighted by atomic mass is 10.2. The number of nitrogens with one attached hydrogen (secondary N) is 1. The second-order valence-electron chi connectivity index (χ2n) is 3.24. The number of carbonyl (C=O) groups excluding carboxylic acids is 1. The molecular formula is C11H8BrNO2S2. The van der Waals surface area contributed by atoms with E-state index in [1.807, 2.05) is 18.2 Å². The number of hydrogen-bond donors (Lipinski definition) is 1. The van der Waals surface area contributed by atoms with Crippen LogP contribution >= 0.6 is 39.9 Å². The summed E-state index contributed by atoms with van der Waals surface area (Å²) >= 11 is 9.56. The summed E-state index contributed by atoms with van der Waals surface area (Å²) in [5, 5.41) is 2.57. The summed E-state index contributed by atoms with van der Waals surface area (Å²) in [5.41, 5.74) is 0.837. The third-order valence-electron chi connectivity index (χ3n) is 2.12. The Kier molecular flexibility index (Phi) is 3.86. The highest BCUT2D eigenvalue weighted by molar-refractivity contribution is 9.10. The number of carbonyl (C=O) groups is 1. The molecule has 0 aliphatic carbocycles. The fourth-order valence-electron chi connectivity index (χ4n) is 1.38. The molecule has 1 fully saturated rings. The maximum atomic E-state index is 11.5. The van der Waals surface area contributed by atoms with Crippen molar-refractivity contribution in [1.29, 1.82) is 0 Å². The SMILES string of the molecule is COc1ccc(Br)cc1C=C1SC(=S)NC1=O. The average Bonchev–Trinajstić information content (AvgIpc) is 2.58. The first-order valence-electron chi connectivity index (χ1n) is 4.68. The highest BCUT2D eigenvalue weighted by Gasteiger charge is 2.22. The molecule has 1 saturated heterocycles. The Hall–Kier alpha value is -0.850. The average molecular weight is 330 g/mol. The third kappa shape index (κ3) is 2.88. The second kappa shape index (κ2) is 5.20. The van der Waals surface area contributed by atoms with Crippen LogP contribution in [0, 0.1) is 0 Å². The van der Waals surface area contributed by atoms with Gasteiger partial charge in [-0.15, -0.1) is 0 Å². The zero-order chi connectivity index (χ0) is 12.4. The van der Waals surface area contributed by atoms with Crippen molar-refractivity contribution in [1.82, 2.24) is 5.32 Å². The maximum Gasteiger partial charge on any atom is 0.263 e. The molecule has 6 heteroatoms. The van der Waals surface area contributed by atoms with Gasteiger partial charge in [0.2, 0.25) is 0 Å². The molecule has 0 atom stereocenters. The van der Waals surface area contributed by atoms with Crippen LogP contribution < -0.4 is 10.1 Å². The number of amides is 1. The van der Waals surface area contributed by atoms with Crippen LogP contribution in [-0.2, 0) is 4.79 Å². The van der Waals surface area contributed by atoms with Crippen LogP contribution in [0.5, 0.6) is 5.75 Å². The van der Waals surface area contributed by atoms with Gasteiger partial charge in [-0.05, 0) is 24.3 Å². The Balaban J connectivity index is 2.41. The smallest absolute Gasteiger partial charge is 0.263 e. The van der Waals surface area contributed by atoms with Crippen molar-refractivity contribution in [2.75, 3.05) is 7.11 Å². The first-order chi connectivity index (χ1) is 8.10. The summed E-state index contributed by atoms with van der Waals surface area (Å²) in [6.07, 6.45) is 1.77.